The predicted molar refractivity (Wildman–Crippen MR) is 86.8 cm³/mol. The molecule has 0 fully saturated rings. The summed E-state index contributed by atoms with van der Waals surface area (Å²) in [6, 6.07) is 8.30. The Balaban J connectivity index is 1.97. The Labute approximate surface area is 124 Å². The Morgan fingerprint density at radius 1 is 1.37 bits per heavy atom. The van der Waals surface area contributed by atoms with E-state index in [0.717, 1.165) is 15.8 Å². The van der Waals surface area contributed by atoms with Gasteiger partial charge in [-0.1, -0.05) is 32.4 Å². The van der Waals surface area contributed by atoms with Gasteiger partial charge in [0.05, 0.1) is 10.2 Å². The summed E-state index contributed by atoms with van der Waals surface area (Å²) < 4.78 is 5.92. The van der Waals surface area contributed by atoms with Crippen molar-refractivity contribution in [1.82, 2.24) is 9.71 Å². The maximum absolute atomic E-state index is 4.63. The number of nitrogens with one attached hydrogen (secondary N) is 1. The minimum absolute atomic E-state index is 0.137. The van der Waals surface area contributed by atoms with Crippen molar-refractivity contribution in [2.75, 3.05) is 0 Å². The summed E-state index contributed by atoms with van der Waals surface area (Å²) in [7, 11) is 0. The summed E-state index contributed by atoms with van der Waals surface area (Å²) in [6.07, 6.45) is 2.41. The van der Waals surface area contributed by atoms with Gasteiger partial charge in [-0.15, -0.1) is 11.3 Å². The van der Waals surface area contributed by atoms with Crippen LogP contribution in [0.2, 0.25) is 0 Å². The average molecular weight is 294 g/mol. The van der Waals surface area contributed by atoms with Crippen LogP contribution in [-0.2, 0) is 0 Å². The van der Waals surface area contributed by atoms with Gasteiger partial charge in [0.25, 0.3) is 0 Å². The highest BCUT2D eigenvalue weighted by atomic mass is 32.2. The van der Waals surface area contributed by atoms with Crippen LogP contribution < -0.4 is 4.72 Å². The summed E-state index contributed by atoms with van der Waals surface area (Å²) in [6.45, 7) is 9.09. The van der Waals surface area contributed by atoms with Crippen molar-refractivity contribution in [3.8, 4) is 0 Å². The minimum Gasteiger partial charge on any atom is -0.252 e. The third kappa shape index (κ3) is 4.20. The van der Waals surface area contributed by atoms with Crippen molar-refractivity contribution in [2.45, 2.75) is 50.4 Å². The zero-order valence-corrected chi connectivity index (χ0v) is 13.7. The molecule has 0 amide bonds. The number of nitrogens with zero attached hydrogens (tertiary/aromatic N) is 1. The highest BCUT2D eigenvalue weighted by Crippen LogP contribution is 2.30. The molecule has 0 bridgehead atoms. The normalized spacial score (nSPS) is 13.9. The lowest BCUT2D eigenvalue weighted by atomic mass is 9.91. The van der Waals surface area contributed by atoms with Gasteiger partial charge in [-0.05, 0) is 50.3 Å². The third-order valence-electron chi connectivity index (χ3n) is 3.24. The molecular formula is C15H22N2S2. The van der Waals surface area contributed by atoms with Gasteiger partial charge in [0, 0.05) is 5.54 Å². The third-order valence-corrected chi connectivity index (χ3v) is 5.50. The Morgan fingerprint density at radius 3 is 2.79 bits per heavy atom. The number of hydrogen-bond acceptors (Lipinski definition) is 4. The molecule has 1 atom stereocenters. The topological polar surface area (TPSA) is 24.9 Å². The van der Waals surface area contributed by atoms with Gasteiger partial charge in [0.1, 0.15) is 0 Å². The average Bonchev–Trinajstić information content (AvgIpc) is 2.78. The van der Waals surface area contributed by atoms with Crippen molar-refractivity contribution in [3.63, 3.8) is 0 Å². The lowest BCUT2D eigenvalue weighted by molar-refractivity contribution is 0.353. The number of para-hydroxylation sites is 1. The molecular weight excluding hydrogens is 272 g/mol. The monoisotopic (exact) mass is 294 g/mol. The van der Waals surface area contributed by atoms with E-state index in [4.69, 9.17) is 0 Å². The van der Waals surface area contributed by atoms with E-state index >= 15 is 0 Å². The van der Waals surface area contributed by atoms with Crippen molar-refractivity contribution in [1.29, 1.82) is 0 Å². The van der Waals surface area contributed by atoms with Crippen LogP contribution >= 0.6 is 23.3 Å². The second-order valence-corrected chi connectivity index (χ2v) is 7.84. The summed E-state index contributed by atoms with van der Waals surface area (Å²) >= 11 is 3.41. The molecule has 0 aliphatic carbocycles. The Morgan fingerprint density at radius 2 is 2.11 bits per heavy atom. The van der Waals surface area contributed by atoms with Gasteiger partial charge in [0.2, 0.25) is 0 Å². The van der Waals surface area contributed by atoms with Crippen molar-refractivity contribution in [3.05, 3.63) is 24.3 Å². The first-order valence-electron chi connectivity index (χ1n) is 6.80. The molecule has 1 unspecified atom stereocenters. The Bertz CT molecular complexity index is 501. The minimum atomic E-state index is 0.137. The van der Waals surface area contributed by atoms with E-state index in [1.165, 1.54) is 17.5 Å². The molecule has 0 radical (unpaired) electrons. The van der Waals surface area contributed by atoms with Gasteiger partial charge >= 0.3 is 0 Å². The molecule has 2 rings (SSSR count). The zero-order chi connectivity index (χ0) is 13.9. The van der Waals surface area contributed by atoms with E-state index in [1.54, 1.807) is 23.3 Å². The van der Waals surface area contributed by atoms with Crippen molar-refractivity contribution < 1.29 is 0 Å². The number of aromatic nitrogens is 1. The molecule has 0 aliphatic heterocycles. The van der Waals surface area contributed by atoms with E-state index in [1.807, 2.05) is 6.07 Å². The molecule has 104 valence electrons. The predicted octanol–water partition coefficient (Wildman–Crippen LogP) is 5.11. The second kappa shape index (κ2) is 6.25. The number of hydrogen-bond donors (Lipinski definition) is 1. The molecule has 4 heteroatoms. The number of fused-ring (bicyclic) bond motifs is 1. The molecule has 1 heterocycles. The van der Waals surface area contributed by atoms with Crippen LogP contribution in [0.15, 0.2) is 28.6 Å². The molecule has 19 heavy (non-hydrogen) atoms. The summed E-state index contributed by atoms with van der Waals surface area (Å²) in [4.78, 5) is 4.63. The van der Waals surface area contributed by atoms with E-state index in [9.17, 15) is 0 Å². The Hall–Kier alpha value is -0.580. The van der Waals surface area contributed by atoms with E-state index < -0.39 is 0 Å². The van der Waals surface area contributed by atoms with Crippen LogP contribution in [0.5, 0.6) is 0 Å². The summed E-state index contributed by atoms with van der Waals surface area (Å²) in [5.41, 5.74) is 1.23. The molecule has 1 N–H and O–H groups in total. The molecule has 2 aromatic rings. The van der Waals surface area contributed by atoms with Gasteiger partial charge in [-0.25, -0.2) is 4.98 Å². The number of benzene rings is 1. The van der Waals surface area contributed by atoms with Crippen LogP contribution in [0.4, 0.5) is 0 Å². The van der Waals surface area contributed by atoms with Crippen LogP contribution in [0.1, 0.15) is 40.5 Å². The fourth-order valence-electron chi connectivity index (χ4n) is 2.13. The lowest BCUT2D eigenvalue weighted by Gasteiger charge is -2.27. The number of rotatable bonds is 6. The largest absolute Gasteiger partial charge is 0.252 e. The number of thiazole rings is 1. The fourth-order valence-corrected chi connectivity index (χ4v) is 3.98. The summed E-state index contributed by atoms with van der Waals surface area (Å²) in [5, 5.41) is 0. The van der Waals surface area contributed by atoms with Crippen LogP contribution in [0, 0.1) is 5.92 Å². The molecule has 1 aromatic heterocycles. The zero-order valence-electron chi connectivity index (χ0n) is 12.1. The first kappa shape index (κ1) is 14.8. The van der Waals surface area contributed by atoms with E-state index in [2.05, 4.69) is 55.6 Å². The van der Waals surface area contributed by atoms with Gasteiger partial charge in [-0.3, -0.25) is 4.72 Å². The van der Waals surface area contributed by atoms with Gasteiger partial charge < -0.3 is 0 Å². The molecule has 2 nitrogen and oxygen atoms in total. The van der Waals surface area contributed by atoms with Crippen LogP contribution in [0.25, 0.3) is 10.2 Å². The quantitative estimate of drug-likeness (QED) is 0.750. The molecule has 0 saturated heterocycles. The molecule has 0 spiro atoms. The standard InChI is InChI=1S/C15H22N2S2/c1-5-11(2)10-15(3,4)17-19-14-16-12-8-6-7-9-13(12)18-14/h6-9,11,17H,5,10H2,1-4H3. The van der Waals surface area contributed by atoms with Crippen molar-refractivity contribution in [2.24, 2.45) is 5.92 Å². The second-order valence-electron chi connectivity index (χ2n) is 5.75. The van der Waals surface area contributed by atoms with Crippen molar-refractivity contribution >= 4 is 33.5 Å². The first-order valence-corrected chi connectivity index (χ1v) is 8.43. The molecule has 1 aromatic carbocycles. The first-order chi connectivity index (χ1) is 9.00. The van der Waals surface area contributed by atoms with Gasteiger partial charge in [0.15, 0.2) is 4.34 Å². The summed E-state index contributed by atoms with van der Waals surface area (Å²) in [5.74, 6) is 0.749. The highest BCUT2D eigenvalue weighted by Gasteiger charge is 2.20. The van der Waals surface area contributed by atoms with E-state index in [0.29, 0.717) is 0 Å². The molecule has 0 saturated carbocycles. The SMILES string of the molecule is CCC(C)CC(C)(C)NSc1nc2ccccc2s1. The smallest absolute Gasteiger partial charge is 0.166 e. The van der Waals surface area contributed by atoms with Crippen LogP contribution in [-0.4, -0.2) is 10.5 Å². The van der Waals surface area contributed by atoms with Gasteiger partial charge in [-0.2, -0.15) is 0 Å². The highest BCUT2D eigenvalue weighted by molar-refractivity contribution is 7.99. The van der Waals surface area contributed by atoms with Crippen LogP contribution in [0.3, 0.4) is 0 Å². The fraction of sp³-hybridized carbons (Fsp3) is 0.533. The maximum atomic E-state index is 4.63. The maximum Gasteiger partial charge on any atom is 0.166 e. The molecule has 0 aliphatic rings. The lowest BCUT2D eigenvalue weighted by Crippen LogP contribution is -2.35. The Kier molecular flexibility index (Phi) is 4.87. The van der Waals surface area contributed by atoms with E-state index in [-0.39, 0.29) is 5.54 Å².